The van der Waals surface area contributed by atoms with E-state index < -0.39 is 11.6 Å². The van der Waals surface area contributed by atoms with Crippen LogP contribution in [0.5, 0.6) is 5.75 Å². The van der Waals surface area contributed by atoms with Crippen molar-refractivity contribution in [3.63, 3.8) is 0 Å². The molecule has 112 valence electrons. The number of ether oxygens (including phenoxy) is 1. The standard InChI is InChI=1S/C16H18F2N2O/c17-14-4-3-13(16(18)9-14)11-21-15-5-1-12(2-6-15)10-20-8-7-19/h1-6,9,20H,7-8,10-11,19H2. The molecule has 3 nitrogen and oxygen atoms in total. The first kappa shape index (κ1) is 15.4. The lowest BCUT2D eigenvalue weighted by Crippen LogP contribution is -2.21. The molecular formula is C16H18F2N2O. The van der Waals surface area contributed by atoms with Gasteiger partial charge in [-0.2, -0.15) is 0 Å². The van der Waals surface area contributed by atoms with E-state index in [4.69, 9.17) is 10.5 Å². The molecule has 0 atom stereocenters. The second-order valence-corrected chi connectivity index (χ2v) is 4.63. The van der Waals surface area contributed by atoms with E-state index >= 15 is 0 Å². The highest BCUT2D eigenvalue weighted by molar-refractivity contribution is 5.28. The molecule has 0 aromatic heterocycles. The Morgan fingerprint density at radius 1 is 1.05 bits per heavy atom. The van der Waals surface area contributed by atoms with Crippen molar-refractivity contribution < 1.29 is 13.5 Å². The van der Waals surface area contributed by atoms with Crippen LogP contribution in [0.3, 0.4) is 0 Å². The molecule has 0 unspecified atom stereocenters. The zero-order valence-corrected chi connectivity index (χ0v) is 11.6. The normalized spacial score (nSPS) is 10.6. The molecule has 0 aliphatic carbocycles. The highest BCUT2D eigenvalue weighted by Crippen LogP contribution is 2.16. The maximum absolute atomic E-state index is 13.5. The number of benzene rings is 2. The van der Waals surface area contributed by atoms with Crippen molar-refractivity contribution in [2.24, 2.45) is 5.73 Å². The van der Waals surface area contributed by atoms with Gasteiger partial charge in [0.2, 0.25) is 0 Å². The van der Waals surface area contributed by atoms with Crippen molar-refractivity contribution in [1.82, 2.24) is 5.32 Å². The average Bonchev–Trinajstić information content (AvgIpc) is 2.48. The lowest BCUT2D eigenvalue weighted by Gasteiger charge is -2.08. The van der Waals surface area contributed by atoms with E-state index in [2.05, 4.69) is 5.32 Å². The van der Waals surface area contributed by atoms with E-state index in [9.17, 15) is 8.78 Å². The van der Waals surface area contributed by atoms with E-state index in [1.165, 1.54) is 12.1 Å². The Morgan fingerprint density at radius 2 is 1.81 bits per heavy atom. The van der Waals surface area contributed by atoms with Gasteiger partial charge in [-0.05, 0) is 29.8 Å². The Bertz CT molecular complexity index is 573. The fraction of sp³-hybridized carbons (Fsp3) is 0.250. The SMILES string of the molecule is NCCNCc1ccc(OCc2ccc(F)cc2F)cc1. The van der Waals surface area contributed by atoms with E-state index in [0.717, 1.165) is 24.7 Å². The zero-order chi connectivity index (χ0) is 15.1. The number of rotatable bonds is 7. The molecule has 0 spiro atoms. The van der Waals surface area contributed by atoms with Crippen molar-refractivity contribution >= 4 is 0 Å². The second kappa shape index (κ2) is 7.71. The van der Waals surface area contributed by atoms with Gasteiger partial charge < -0.3 is 15.8 Å². The van der Waals surface area contributed by atoms with Gasteiger partial charge in [-0.3, -0.25) is 0 Å². The van der Waals surface area contributed by atoms with Gasteiger partial charge in [0.1, 0.15) is 24.0 Å². The van der Waals surface area contributed by atoms with Crippen molar-refractivity contribution in [2.75, 3.05) is 13.1 Å². The number of halogens is 2. The average molecular weight is 292 g/mol. The van der Waals surface area contributed by atoms with Gasteiger partial charge in [0.15, 0.2) is 0 Å². The van der Waals surface area contributed by atoms with Crippen LogP contribution in [-0.2, 0) is 13.2 Å². The van der Waals surface area contributed by atoms with Crippen LogP contribution in [0.1, 0.15) is 11.1 Å². The van der Waals surface area contributed by atoms with E-state index in [1.54, 1.807) is 0 Å². The second-order valence-electron chi connectivity index (χ2n) is 4.63. The Labute approximate surface area is 122 Å². The van der Waals surface area contributed by atoms with Crippen LogP contribution in [0.25, 0.3) is 0 Å². The van der Waals surface area contributed by atoms with Gasteiger partial charge in [0.25, 0.3) is 0 Å². The molecule has 0 saturated carbocycles. The molecule has 21 heavy (non-hydrogen) atoms. The first-order valence-corrected chi connectivity index (χ1v) is 6.75. The van der Waals surface area contributed by atoms with Crippen molar-refractivity contribution in [3.05, 3.63) is 65.2 Å². The van der Waals surface area contributed by atoms with Crippen LogP contribution >= 0.6 is 0 Å². The van der Waals surface area contributed by atoms with Crippen molar-refractivity contribution in [2.45, 2.75) is 13.2 Å². The third-order valence-corrected chi connectivity index (χ3v) is 2.98. The summed E-state index contributed by atoms with van der Waals surface area (Å²) in [4.78, 5) is 0. The van der Waals surface area contributed by atoms with Gasteiger partial charge in [-0.15, -0.1) is 0 Å². The molecule has 2 aromatic rings. The molecule has 5 heteroatoms. The quantitative estimate of drug-likeness (QED) is 0.771. The Morgan fingerprint density at radius 3 is 2.48 bits per heavy atom. The minimum absolute atomic E-state index is 0.0664. The largest absolute Gasteiger partial charge is 0.489 e. The predicted octanol–water partition coefficient (Wildman–Crippen LogP) is 2.59. The van der Waals surface area contributed by atoms with Crippen LogP contribution in [0.2, 0.25) is 0 Å². The monoisotopic (exact) mass is 292 g/mol. The van der Waals surface area contributed by atoms with Gasteiger partial charge >= 0.3 is 0 Å². The van der Waals surface area contributed by atoms with E-state index in [1.807, 2.05) is 24.3 Å². The molecule has 0 radical (unpaired) electrons. The van der Waals surface area contributed by atoms with Gasteiger partial charge in [0.05, 0.1) is 0 Å². The van der Waals surface area contributed by atoms with E-state index in [-0.39, 0.29) is 6.61 Å². The molecule has 0 heterocycles. The van der Waals surface area contributed by atoms with Crippen LogP contribution < -0.4 is 15.8 Å². The maximum Gasteiger partial charge on any atom is 0.132 e. The molecule has 0 aliphatic rings. The lowest BCUT2D eigenvalue weighted by atomic mass is 10.2. The van der Waals surface area contributed by atoms with Crippen molar-refractivity contribution in [1.29, 1.82) is 0 Å². The molecular weight excluding hydrogens is 274 g/mol. The van der Waals surface area contributed by atoms with Crippen LogP contribution in [0.4, 0.5) is 8.78 Å². The van der Waals surface area contributed by atoms with Gasteiger partial charge in [-0.25, -0.2) is 8.78 Å². The molecule has 0 saturated heterocycles. The number of hydrogen-bond donors (Lipinski definition) is 2. The minimum atomic E-state index is -0.599. The molecule has 0 aliphatic heterocycles. The maximum atomic E-state index is 13.5. The number of nitrogens with two attached hydrogens (primary N) is 1. The summed E-state index contributed by atoms with van der Waals surface area (Å²) in [5, 5.41) is 3.19. The molecule has 0 bridgehead atoms. The summed E-state index contributed by atoms with van der Waals surface area (Å²) in [6, 6.07) is 11.0. The summed E-state index contributed by atoms with van der Waals surface area (Å²) in [6.07, 6.45) is 0. The topological polar surface area (TPSA) is 47.3 Å². The Kier molecular flexibility index (Phi) is 5.66. The number of hydrogen-bond acceptors (Lipinski definition) is 3. The number of nitrogens with one attached hydrogen (secondary N) is 1. The summed E-state index contributed by atoms with van der Waals surface area (Å²) in [7, 11) is 0. The highest BCUT2D eigenvalue weighted by Gasteiger charge is 2.04. The third kappa shape index (κ3) is 4.81. The van der Waals surface area contributed by atoms with Crippen LogP contribution in [-0.4, -0.2) is 13.1 Å². The first-order chi connectivity index (χ1) is 10.2. The van der Waals surface area contributed by atoms with Gasteiger partial charge in [-0.1, -0.05) is 12.1 Å². The summed E-state index contributed by atoms with van der Waals surface area (Å²) in [5.74, 6) is -0.551. The molecule has 0 amide bonds. The van der Waals surface area contributed by atoms with Gasteiger partial charge in [0, 0.05) is 31.3 Å². The lowest BCUT2D eigenvalue weighted by molar-refractivity contribution is 0.299. The van der Waals surface area contributed by atoms with E-state index in [0.29, 0.717) is 17.9 Å². The summed E-state index contributed by atoms with van der Waals surface area (Å²) in [5.41, 5.74) is 6.84. The fourth-order valence-electron chi connectivity index (χ4n) is 1.84. The molecule has 0 fully saturated rings. The minimum Gasteiger partial charge on any atom is -0.489 e. The zero-order valence-electron chi connectivity index (χ0n) is 11.6. The first-order valence-electron chi connectivity index (χ1n) is 6.75. The predicted molar refractivity (Wildman–Crippen MR) is 77.9 cm³/mol. The highest BCUT2D eigenvalue weighted by atomic mass is 19.1. The molecule has 2 aromatic carbocycles. The Balaban J connectivity index is 1.88. The smallest absolute Gasteiger partial charge is 0.132 e. The fourth-order valence-corrected chi connectivity index (χ4v) is 1.84. The molecule has 3 N–H and O–H groups in total. The molecule has 2 rings (SSSR count). The Hall–Kier alpha value is -1.98. The van der Waals surface area contributed by atoms with Crippen LogP contribution in [0.15, 0.2) is 42.5 Å². The van der Waals surface area contributed by atoms with Crippen molar-refractivity contribution in [3.8, 4) is 5.75 Å². The third-order valence-electron chi connectivity index (χ3n) is 2.98. The summed E-state index contributed by atoms with van der Waals surface area (Å²) in [6.45, 7) is 2.17. The van der Waals surface area contributed by atoms with Crippen LogP contribution in [0, 0.1) is 11.6 Å². The summed E-state index contributed by atoms with van der Waals surface area (Å²) >= 11 is 0. The summed E-state index contributed by atoms with van der Waals surface area (Å²) < 4.78 is 31.7.